The number of benzene rings is 1. The van der Waals surface area contributed by atoms with Gasteiger partial charge in [-0.05, 0) is 23.6 Å². The summed E-state index contributed by atoms with van der Waals surface area (Å²) in [6.07, 6.45) is -4.24. The van der Waals surface area contributed by atoms with E-state index < -0.39 is 11.7 Å². The van der Waals surface area contributed by atoms with Gasteiger partial charge in [0.15, 0.2) is 0 Å². The average Bonchev–Trinajstić information content (AvgIpc) is 2.59. The van der Waals surface area contributed by atoms with E-state index in [-0.39, 0.29) is 25.1 Å². The van der Waals surface area contributed by atoms with Crippen molar-refractivity contribution in [2.75, 3.05) is 29.9 Å². The molecular formula is C18H21F3N4O2. The average molecular weight is 382 g/mol. The largest absolute Gasteiger partial charge is 0.416 e. The van der Waals surface area contributed by atoms with Crippen LogP contribution in [0.4, 0.5) is 24.9 Å². The van der Waals surface area contributed by atoms with Crippen molar-refractivity contribution in [3.63, 3.8) is 0 Å². The lowest BCUT2D eigenvalue weighted by Crippen LogP contribution is -2.46. The first-order valence-electron chi connectivity index (χ1n) is 8.67. The van der Waals surface area contributed by atoms with Gasteiger partial charge < -0.3 is 15.3 Å². The highest BCUT2D eigenvalue weighted by molar-refractivity contribution is 5.49. The molecule has 0 radical (unpaired) electrons. The molecule has 1 aliphatic rings. The van der Waals surface area contributed by atoms with E-state index in [9.17, 15) is 23.1 Å². The summed E-state index contributed by atoms with van der Waals surface area (Å²) in [5.74, 6) is 1.31. The maximum atomic E-state index is 12.6. The third-order valence-corrected chi connectivity index (χ3v) is 4.47. The van der Waals surface area contributed by atoms with E-state index in [4.69, 9.17) is 0 Å². The summed E-state index contributed by atoms with van der Waals surface area (Å²) < 4.78 is 37.9. The van der Waals surface area contributed by atoms with Crippen molar-refractivity contribution in [3.8, 4) is 0 Å². The maximum absolute atomic E-state index is 12.6. The minimum atomic E-state index is -4.38. The van der Waals surface area contributed by atoms with E-state index in [0.29, 0.717) is 28.8 Å². The molecule has 0 amide bonds. The lowest BCUT2D eigenvalue weighted by molar-refractivity contribution is -0.137. The molecule has 1 aromatic carbocycles. The minimum absolute atomic E-state index is 0.133. The van der Waals surface area contributed by atoms with Gasteiger partial charge in [0.2, 0.25) is 5.95 Å². The molecular weight excluding hydrogens is 361 g/mol. The molecule has 1 aliphatic heterocycles. The zero-order chi connectivity index (χ0) is 19.6. The summed E-state index contributed by atoms with van der Waals surface area (Å²) in [5, 5.41) is 12.2. The van der Waals surface area contributed by atoms with E-state index >= 15 is 0 Å². The van der Waals surface area contributed by atoms with Crippen LogP contribution in [0.2, 0.25) is 0 Å². The number of aliphatic hydroxyl groups excluding tert-OH is 1. The fraction of sp³-hybridized carbons (Fsp3) is 0.444. The van der Waals surface area contributed by atoms with Crippen molar-refractivity contribution in [3.05, 3.63) is 51.3 Å². The van der Waals surface area contributed by atoms with Crippen LogP contribution in [0.5, 0.6) is 0 Å². The molecule has 3 N–H and O–H groups in total. The van der Waals surface area contributed by atoms with Crippen molar-refractivity contribution < 1.29 is 18.3 Å². The number of aromatic amines is 1. The lowest BCUT2D eigenvalue weighted by Gasteiger charge is -2.37. The van der Waals surface area contributed by atoms with Crippen LogP contribution in [0.15, 0.2) is 29.1 Å². The first-order chi connectivity index (χ1) is 12.8. The normalized spacial score (nSPS) is 14.9. The number of H-pyrrole nitrogens is 1. The highest BCUT2D eigenvalue weighted by Crippen LogP contribution is 2.29. The Bertz CT molecular complexity index is 843. The van der Waals surface area contributed by atoms with Gasteiger partial charge in [-0.25, -0.2) is 0 Å². The molecule has 2 heterocycles. The molecule has 1 aromatic heterocycles. The van der Waals surface area contributed by atoms with Crippen molar-refractivity contribution in [1.82, 2.24) is 9.97 Å². The molecule has 9 heteroatoms. The van der Waals surface area contributed by atoms with Crippen LogP contribution < -0.4 is 15.8 Å². The second kappa shape index (κ2) is 7.59. The number of alkyl halides is 3. The van der Waals surface area contributed by atoms with Crippen LogP contribution in [0, 0.1) is 5.92 Å². The van der Waals surface area contributed by atoms with Gasteiger partial charge in [-0.15, -0.1) is 0 Å². The van der Waals surface area contributed by atoms with E-state index in [2.05, 4.69) is 22.2 Å². The Hall–Kier alpha value is -2.55. The number of aromatic nitrogens is 2. The van der Waals surface area contributed by atoms with E-state index in [1.54, 1.807) is 0 Å². The molecule has 6 nitrogen and oxygen atoms in total. The summed E-state index contributed by atoms with van der Waals surface area (Å²) in [5.41, 5.74) is -0.0971. The van der Waals surface area contributed by atoms with Crippen LogP contribution >= 0.6 is 0 Å². The molecule has 27 heavy (non-hydrogen) atoms. The fourth-order valence-electron chi connectivity index (χ4n) is 2.99. The molecule has 0 spiro atoms. The molecule has 1 saturated heterocycles. The third kappa shape index (κ3) is 4.41. The molecule has 1 fully saturated rings. The number of hydrogen-bond donors (Lipinski definition) is 3. The van der Waals surface area contributed by atoms with Gasteiger partial charge in [-0.1, -0.05) is 19.1 Å². The number of aliphatic hydroxyl groups is 1. The van der Waals surface area contributed by atoms with Gasteiger partial charge in [-0.3, -0.25) is 9.78 Å². The monoisotopic (exact) mass is 382 g/mol. The van der Waals surface area contributed by atoms with Crippen LogP contribution in [-0.2, 0) is 19.1 Å². The Morgan fingerprint density at radius 1 is 1.30 bits per heavy atom. The number of hydrogen-bond acceptors (Lipinski definition) is 5. The van der Waals surface area contributed by atoms with Crippen LogP contribution in [0.3, 0.4) is 0 Å². The predicted octanol–water partition coefficient (Wildman–Crippen LogP) is 2.39. The van der Waals surface area contributed by atoms with Crippen LogP contribution in [-0.4, -0.2) is 34.8 Å². The Morgan fingerprint density at radius 2 is 1.96 bits per heavy atom. The summed E-state index contributed by atoms with van der Waals surface area (Å²) in [6, 6.07) is 4.80. The van der Waals surface area contributed by atoms with Crippen molar-refractivity contribution in [2.24, 2.45) is 5.92 Å². The minimum Gasteiger partial charge on any atom is -0.396 e. The number of nitrogens with one attached hydrogen (secondary N) is 2. The summed E-state index contributed by atoms with van der Waals surface area (Å²) in [4.78, 5) is 21.5. The maximum Gasteiger partial charge on any atom is 0.416 e. The van der Waals surface area contributed by atoms with E-state index in [0.717, 1.165) is 25.2 Å². The Balaban J connectivity index is 1.79. The number of anilines is 2. The van der Waals surface area contributed by atoms with E-state index in [1.807, 2.05) is 4.90 Å². The van der Waals surface area contributed by atoms with Gasteiger partial charge in [0, 0.05) is 32.7 Å². The van der Waals surface area contributed by atoms with Crippen molar-refractivity contribution in [1.29, 1.82) is 0 Å². The summed E-state index contributed by atoms with van der Waals surface area (Å²) in [7, 11) is 0. The molecule has 2 aromatic rings. The Labute approximate surface area is 154 Å². The van der Waals surface area contributed by atoms with Gasteiger partial charge in [0.1, 0.15) is 5.82 Å². The number of nitrogens with zero attached hydrogens (tertiary/aromatic N) is 2. The van der Waals surface area contributed by atoms with Gasteiger partial charge in [-0.2, -0.15) is 18.2 Å². The first kappa shape index (κ1) is 19.2. The molecule has 0 saturated carbocycles. The quantitative estimate of drug-likeness (QED) is 0.715. The SMILES string of the molecule is CC1CN(c2nc(NCc3ccc(C(F)(F)F)cc3)c(CCO)c(=O)[nH]2)C1. The van der Waals surface area contributed by atoms with E-state index in [1.165, 1.54) is 12.1 Å². The summed E-state index contributed by atoms with van der Waals surface area (Å²) >= 11 is 0. The number of halogens is 3. The highest BCUT2D eigenvalue weighted by atomic mass is 19.4. The molecule has 0 atom stereocenters. The zero-order valence-electron chi connectivity index (χ0n) is 14.8. The zero-order valence-corrected chi connectivity index (χ0v) is 14.8. The topological polar surface area (TPSA) is 81.2 Å². The van der Waals surface area contributed by atoms with Crippen LogP contribution in [0.25, 0.3) is 0 Å². The molecule has 0 bridgehead atoms. The van der Waals surface area contributed by atoms with Gasteiger partial charge in [0.25, 0.3) is 5.56 Å². The Morgan fingerprint density at radius 3 is 2.52 bits per heavy atom. The molecule has 3 rings (SSSR count). The first-order valence-corrected chi connectivity index (χ1v) is 8.67. The van der Waals surface area contributed by atoms with Crippen molar-refractivity contribution >= 4 is 11.8 Å². The highest BCUT2D eigenvalue weighted by Gasteiger charge is 2.30. The van der Waals surface area contributed by atoms with Gasteiger partial charge in [0.05, 0.1) is 11.1 Å². The van der Waals surface area contributed by atoms with Crippen molar-refractivity contribution in [2.45, 2.75) is 26.1 Å². The third-order valence-electron chi connectivity index (χ3n) is 4.47. The lowest BCUT2D eigenvalue weighted by atomic mass is 10.0. The van der Waals surface area contributed by atoms with Gasteiger partial charge >= 0.3 is 6.18 Å². The number of rotatable bonds is 6. The summed E-state index contributed by atoms with van der Waals surface area (Å²) in [6.45, 7) is 3.68. The second-order valence-corrected chi connectivity index (χ2v) is 6.75. The smallest absolute Gasteiger partial charge is 0.396 e. The molecule has 0 unspecified atom stereocenters. The Kier molecular flexibility index (Phi) is 5.41. The fourth-order valence-corrected chi connectivity index (χ4v) is 2.99. The standard InChI is InChI=1S/C18H21F3N4O2/c1-11-9-25(10-11)17-23-15(14(6-7-26)16(27)24-17)22-8-12-2-4-13(5-3-12)18(19,20)21/h2-5,11,26H,6-10H2,1H3,(H2,22,23,24,27). The second-order valence-electron chi connectivity index (χ2n) is 6.75. The molecule has 0 aliphatic carbocycles. The molecule has 146 valence electrons. The predicted molar refractivity (Wildman–Crippen MR) is 95.8 cm³/mol. The van der Waals surface area contributed by atoms with Crippen LogP contribution in [0.1, 0.15) is 23.6 Å².